The van der Waals surface area contributed by atoms with Crippen LogP contribution in [0.1, 0.15) is 32.4 Å². The summed E-state index contributed by atoms with van der Waals surface area (Å²) in [6, 6.07) is 14.5. The summed E-state index contributed by atoms with van der Waals surface area (Å²) >= 11 is 0. The van der Waals surface area contributed by atoms with Gasteiger partial charge in [-0.15, -0.1) is 0 Å². The summed E-state index contributed by atoms with van der Waals surface area (Å²) in [7, 11) is 1.68. The first kappa shape index (κ1) is 26.3. The van der Waals surface area contributed by atoms with Gasteiger partial charge < -0.3 is 29.7 Å². The molecule has 2 aromatic rings. The van der Waals surface area contributed by atoms with E-state index in [1.54, 1.807) is 14.0 Å². The van der Waals surface area contributed by atoms with Crippen molar-refractivity contribution < 1.29 is 23.8 Å². The third-order valence-corrected chi connectivity index (χ3v) is 6.41. The second kappa shape index (κ2) is 12.0. The van der Waals surface area contributed by atoms with E-state index in [1.165, 1.54) is 0 Å². The van der Waals surface area contributed by atoms with Crippen molar-refractivity contribution in [2.24, 2.45) is 0 Å². The Morgan fingerprint density at radius 1 is 1.05 bits per heavy atom. The fourth-order valence-electron chi connectivity index (χ4n) is 4.72. The summed E-state index contributed by atoms with van der Waals surface area (Å²) in [5, 5.41) is 5.78. The number of esters is 1. The van der Waals surface area contributed by atoms with Crippen molar-refractivity contribution in [1.29, 1.82) is 0 Å². The molecule has 2 heterocycles. The zero-order chi connectivity index (χ0) is 26.4. The van der Waals surface area contributed by atoms with Crippen molar-refractivity contribution in [2.45, 2.75) is 32.9 Å². The number of hydrogen-bond acceptors (Lipinski definition) is 7. The van der Waals surface area contributed by atoms with Crippen molar-refractivity contribution in [3.63, 3.8) is 0 Å². The SMILES string of the molecule is CCOC(=O)C1=C(CN2CCN(c3ccccc3OC)CC2)NC(=O)NC1c1ccc(OC(C)C)cc1. The predicted octanol–water partition coefficient (Wildman–Crippen LogP) is 3.48. The van der Waals surface area contributed by atoms with Crippen LogP contribution in [0, 0.1) is 0 Å². The van der Waals surface area contributed by atoms with Crippen LogP contribution in [0.5, 0.6) is 11.5 Å². The average Bonchev–Trinajstić information content (AvgIpc) is 2.89. The van der Waals surface area contributed by atoms with Gasteiger partial charge in [0, 0.05) is 38.4 Å². The number of amides is 2. The van der Waals surface area contributed by atoms with E-state index in [4.69, 9.17) is 14.2 Å². The number of benzene rings is 2. The number of carbonyl (C=O) groups excluding carboxylic acids is 2. The number of nitrogens with zero attached hydrogens (tertiary/aromatic N) is 2. The normalized spacial score (nSPS) is 18.4. The van der Waals surface area contributed by atoms with Crippen LogP contribution >= 0.6 is 0 Å². The van der Waals surface area contributed by atoms with Crippen LogP contribution in [0.15, 0.2) is 59.8 Å². The lowest BCUT2D eigenvalue weighted by molar-refractivity contribution is -0.139. The molecule has 0 bridgehead atoms. The Balaban J connectivity index is 1.54. The molecule has 0 saturated carbocycles. The molecule has 37 heavy (non-hydrogen) atoms. The monoisotopic (exact) mass is 508 g/mol. The van der Waals surface area contributed by atoms with E-state index < -0.39 is 12.0 Å². The Hall–Kier alpha value is -3.72. The Bertz CT molecular complexity index is 1120. The first-order valence-electron chi connectivity index (χ1n) is 12.7. The second-order valence-corrected chi connectivity index (χ2v) is 9.31. The number of urea groups is 1. The number of para-hydroxylation sites is 2. The molecule has 2 N–H and O–H groups in total. The third kappa shape index (κ3) is 6.35. The first-order valence-corrected chi connectivity index (χ1v) is 12.7. The Morgan fingerprint density at radius 2 is 1.76 bits per heavy atom. The molecular formula is C28H36N4O5. The molecule has 0 spiro atoms. The molecule has 2 aliphatic heterocycles. The van der Waals surface area contributed by atoms with Gasteiger partial charge in [0.1, 0.15) is 11.5 Å². The quantitative estimate of drug-likeness (QED) is 0.501. The zero-order valence-corrected chi connectivity index (χ0v) is 22.0. The summed E-state index contributed by atoms with van der Waals surface area (Å²) in [6.45, 7) is 9.53. The third-order valence-electron chi connectivity index (χ3n) is 6.41. The van der Waals surface area contributed by atoms with Gasteiger partial charge in [0.2, 0.25) is 0 Å². The fourth-order valence-corrected chi connectivity index (χ4v) is 4.72. The van der Waals surface area contributed by atoms with E-state index in [1.807, 2.05) is 56.3 Å². The van der Waals surface area contributed by atoms with Gasteiger partial charge in [-0.05, 0) is 50.6 Å². The molecule has 2 aromatic carbocycles. The summed E-state index contributed by atoms with van der Waals surface area (Å²) in [5.41, 5.74) is 2.84. The standard InChI is InChI=1S/C28H36N4O5/c1-5-36-27(33)25-22(18-31-14-16-32(17-15-31)23-8-6-7-9-24(23)35-4)29-28(34)30-26(25)20-10-12-21(13-11-20)37-19(2)3/h6-13,19,26H,5,14-18H2,1-4H3,(H2,29,30,34). The molecule has 1 saturated heterocycles. The highest BCUT2D eigenvalue weighted by Crippen LogP contribution is 2.31. The molecule has 9 heteroatoms. The van der Waals surface area contributed by atoms with Crippen LogP contribution in [0.3, 0.4) is 0 Å². The summed E-state index contributed by atoms with van der Waals surface area (Å²) in [5.74, 6) is 1.14. The molecular weight excluding hydrogens is 472 g/mol. The number of hydrogen-bond donors (Lipinski definition) is 2. The molecule has 1 unspecified atom stereocenters. The minimum absolute atomic E-state index is 0.0504. The highest BCUT2D eigenvalue weighted by atomic mass is 16.5. The topological polar surface area (TPSA) is 92.4 Å². The smallest absolute Gasteiger partial charge is 0.338 e. The van der Waals surface area contributed by atoms with Gasteiger partial charge in [-0.25, -0.2) is 9.59 Å². The number of nitrogens with one attached hydrogen (secondary N) is 2. The minimum Gasteiger partial charge on any atom is -0.495 e. The van der Waals surface area contributed by atoms with E-state index >= 15 is 0 Å². The molecule has 1 fully saturated rings. The van der Waals surface area contributed by atoms with E-state index in [-0.39, 0.29) is 18.7 Å². The van der Waals surface area contributed by atoms with E-state index in [2.05, 4.69) is 26.5 Å². The van der Waals surface area contributed by atoms with Crippen LogP contribution < -0.4 is 25.0 Å². The Morgan fingerprint density at radius 3 is 2.41 bits per heavy atom. The van der Waals surface area contributed by atoms with Crippen molar-refractivity contribution in [3.05, 3.63) is 65.4 Å². The maximum absolute atomic E-state index is 13.1. The van der Waals surface area contributed by atoms with Gasteiger partial charge in [-0.2, -0.15) is 0 Å². The van der Waals surface area contributed by atoms with Crippen LogP contribution in [0.4, 0.5) is 10.5 Å². The van der Waals surface area contributed by atoms with E-state index in [9.17, 15) is 9.59 Å². The average molecular weight is 509 g/mol. The highest BCUT2D eigenvalue weighted by molar-refractivity contribution is 5.95. The molecule has 9 nitrogen and oxygen atoms in total. The van der Waals surface area contributed by atoms with Crippen molar-refractivity contribution >= 4 is 17.7 Å². The van der Waals surface area contributed by atoms with Crippen LogP contribution in [-0.2, 0) is 9.53 Å². The Labute approximate surface area is 218 Å². The van der Waals surface area contributed by atoms with Gasteiger partial charge in [-0.1, -0.05) is 24.3 Å². The molecule has 198 valence electrons. The lowest BCUT2D eigenvalue weighted by atomic mass is 9.94. The molecule has 1 atom stereocenters. The van der Waals surface area contributed by atoms with Crippen LogP contribution in [0.25, 0.3) is 0 Å². The number of rotatable bonds is 9. The second-order valence-electron chi connectivity index (χ2n) is 9.31. The van der Waals surface area contributed by atoms with Crippen molar-refractivity contribution in [3.8, 4) is 11.5 Å². The first-order chi connectivity index (χ1) is 17.9. The summed E-state index contributed by atoms with van der Waals surface area (Å²) < 4.78 is 16.7. The lowest BCUT2D eigenvalue weighted by Crippen LogP contribution is -2.51. The molecule has 0 aromatic heterocycles. The maximum Gasteiger partial charge on any atom is 0.338 e. The predicted molar refractivity (Wildman–Crippen MR) is 142 cm³/mol. The van der Waals surface area contributed by atoms with Gasteiger partial charge in [0.15, 0.2) is 0 Å². The zero-order valence-electron chi connectivity index (χ0n) is 22.0. The van der Waals surface area contributed by atoms with Gasteiger partial charge in [0.25, 0.3) is 0 Å². The number of anilines is 1. The molecule has 2 amide bonds. The number of methoxy groups -OCH3 is 1. The van der Waals surface area contributed by atoms with Crippen LogP contribution in [-0.4, -0.2) is 69.4 Å². The Kier molecular flexibility index (Phi) is 8.55. The molecule has 4 rings (SSSR count). The molecule has 2 aliphatic rings. The minimum atomic E-state index is -0.620. The van der Waals surface area contributed by atoms with Gasteiger partial charge in [0.05, 0.1) is 37.1 Å². The summed E-state index contributed by atoms with van der Waals surface area (Å²) in [6.07, 6.45) is 0.0504. The van der Waals surface area contributed by atoms with Crippen molar-refractivity contribution in [1.82, 2.24) is 15.5 Å². The van der Waals surface area contributed by atoms with E-state index in [0.29, 0.717) is 17.8 Å². The largest absolute Gasteiger partial charge is 0.495 e. The number of ether oxygens (including phenoxy) is 3. The number of piperazine rings is 1. The van der Waals surface area contributed by atoms with Crippen molar-refractivity contribution in [2.75, 3.05) is 51.3 Å². The molecule has 0 aliphatic carbocycles. The summed E-state index contributed by atoms with van der Waals surface area (Å²) in [4.78, 5) is 30.3. The molecule has 0 radical (unpaired) electrons. The highest BCUT2D eigenvalue weighted by Gasteiger charge is 2.35. The maximum atomic E-state index is 13.1. The number of carbonyl (C=O) groups is 2. The van der Waals surface area contributed by atoms with Crippen LogP contribution in [0.2, 0.25) is 0 Å². The van der Waals surface area contributed by atoms with Gasteiger partial charge >= 0.3 is 12.0 Å². The fraction of sp³-hybridized carbons (Fsp3) is 0.429. The lowest BCUT2D eigenvalue weighted by Gasteiger charge is -2.38. The van der Waals surface area contributed by atoms with Gasteiger partial charge in [-0.3, -0.25) is 4.90 Å². The van der Waals surface area contributed by atoms with E-state index in [0.717, 1.165) is 48.9 Å².